The second-order valence-corrected chi connectivity index (χ2v) is 4.86. The van der Waals surface area contributed by atoms with Crippen molar-refractivity contribution in [2.45, 2.75) is 40.2 Å². The molecular weight excluding hydrogens is 208 g/mol. The van der Waals surface area contributed by atoms with Gasteiger partial charge >= 0.3 is 0 Å². The molecule has 0 aromatic heterocycles. The van der Waals surface area contributed by atoms with Gasteiger partial charge in [0, 0.05) is 6.54 Å². The molecule has 1 aromatic rings. The second-order valence-electron chi connectivity index (χ2n) is 4.86. The molecule has 17 heavy (non-hydrogen) atoms. The van der Waals surface area contributed by atoms with E-state index in [1.54, 1.807) is 0 Å². The third-order valence-electron chi connectivity index (χ3n) is 3.17. The summed E-state index contributed by atoms with van der Waals surface area (Å²) < 4.78 is 0. The molecule has 0 amide bonds. The van der Waals surface area contributed by atoms with E-state index >= 15 is 0 Å². The van der Waals surface area contributed by atoms with Gasteiger partial charge in [0.1, 0.15) is 0 Å². The highest BCUT2D eigenvalue weighted by Gasteiger charge is 2.02. The summed E-state index contributed by atoms with van der Waals surface area (Å²) in [5, 5.41) is 6.71. The Balaban J connectivity index is 2.36. The van der Waals surface area contributed by atoms with Gasteiger partial charge in [-0.3, -0.25) is 0 Å². The standard InChI is InChI=1S/C15H26N2/c1-12-9-13(2)15(14(3)10-12)11-17-8-6-5-7-16-4/h9-10,16-17H,5-8,11H2,1-4H3. The number of hydrogen-bond acceptors (Lipinski definition) is 2. The monoisotopic (exact) mass is 234 g/mol. The first-order valence-electron chi connectivity index (χ1n) is 6.57. The Morgan fingerprint density at radius 1 is 0.941 bits per heavy atom. The van der Waals surface area contributed by atoms with Crippen molar-refractivity contribution in [1.29, 1.82) is 0 Å². The van der Waals surface area contributed by atoms with Crippen LogP contribution in [0.25, 0.3) is 0 Å². The number of benzene rings is 1. The van der Waals surface area contributed by atoms with E-state index in [2.05, 4.69) is 43.5 Å². The predicted molar refractivity (Wildman–Crippen MR) is 75.5 cm³/mol. The van der Waals surface area contributed by atoms with Gasteiger partial charge in [-0.1, -0.05) is 17.7 Å². The highest BCUT2D eigenvalue weighted by atomic mass is 14.9. The summed E-state index contributed by atoms with van der Waals surface area (Å²) in [5.74, 6) is 0. The summed E-state index contributed by atoms with van der Waals surface area (Å²) >= 11 is 0. The zero-order valence-corrected chi connectivity index (χ0v) is 11.7. The van der Waals surface area contributed by atoms with E-state index < -0.39 is 0 Å². The van der Waals surface area contributed by atoms with Crippen LogP contribution in [0, 0.1) is 20.8 Å². The average Bonchev–Trinajstić information content (AvgIpc) is 2.26. The summed E-state index contributed by atoms with van der Waals surface area (Å²) in [6.45, 7) is 9.79. The molecule has 0 bridgehead atoms. The Morgan fingerprint density at radius 2 is 1.53 bits per heavy atom. The van der Waals surface area contributed by atoms with Crippen LogP contribution in [0.1, 0.15) is 35.1 Å². The van der Waals surface area contributed by atoms with Crippen molar-refractivity contribution >= 4 is 0 Å². The van der Waals surface area contributed by atoms with Gasteiger partial charge in [0.05, 0.1) is 0 Å². The molecular formula is C15H26N2. The number of unbranched alkanes of at least 4 members (excludes halogenated alkanes) is 1. The summed E-state index contributed by atoms with van der Waals surface area (Å²) in [7, 11) is 2.01. The molecule has 2 heteroatoms. The van der Waals surface area contributed by atoms with Gasteiger partial charge in [0.15, 0.2) is 0 Å². The fraction of sp³-hybridized carbons (Fsp3) is 0.600. The molecule has 0 aliphatic rings. The van der Waals surface area contributed by atoms with Crippen LogP contribution in [0.4, 0.5) is 0 Å². The van der Waals surface area contributed by atoms with Crippen LogP contribution in [-0.2, 0) is 6.54 Å². The van der Waals surface area contributed by atoms with E-state index in [9.17, 15) is 0 Å². The Kier molecular flexibility index (Phi) is 6.23. The predicted octanol–water partition coefficient (Wildman–Crippen LogP) is 2.70. The smallest absolute Gasteiger partial charge is 0.0210 e. The lowest BCUT2D eigenvalue weighted by molar-refractivity contribution is 0.603. The minimum absolute atomic E-state index is 0.998. The second kappa shape index (κ2) is 7.46. The first-order valence-corrected chi connectivity index (χ1v) is 6.57. The topological polar surface area (TPSA) is 24.1 Å². The maximum Gasteiger partial charge on any atom is 0.0210 e. The van der Waals surface area contributed by atoms with E-state index in [0.717, 1.165) is 19.6 Å². The molecule has 0 saturated carbocycles. The lowest BCUT2D eigenvalue weighted by atomic mass is 10.00. The van der Waals surface area contributed by atoms with Crippen molar-refractivity contribution in [2.75, 3.05) is 20.1 Å². The minimum atomic E-state index is 0.998. The van der Waals surface area contributed by atoms with Gasteiger partial charge in [0.2, 0.25) is 0 Å². The fourth-order valence-electron chi connectivity index (χ4n) is 2.25. The molecule has 2 nitrogen and oxygen atoms in total. The highest BCUT2D eigenvalue weighted by molar-refractivity contribution is 5.37. The lowest BCUT2D eigenvalue weighted by Crippen LogP contribution is -2.18. The zero-order valence-electron chi connectivity index (χ0n) is 11.7. The van der Waals surface area contributed by atoms with Crippen molar-refractivity contribution < 1.29 is 0 Å². The molecule has 2 N–H and O–H groups in total. The average molecular weight is 234 g/mol. The molecule has 0 aliphatic carbocycles. The van der Waals surface area contributed by atoms with Crippen molar-refractivity contribution in [3.8, 4) is 0 Å². The quantitative estimate of drug-likeness (QED) is 0.709. The van der Waals surface area contributed by atoms with Gasteiger partial charge in [0.25, 0.3) is 0 Å². The fourth-order valence-corrected chi connectivity index (χ4v) is 2.25. The molecule has 0 unspecified atom stereocenters. The SMILES string of the molecule is CNCCCCNCc1c(C)cc(C)cc1C. The van der Waals surface area contributed by atoms with Gasteiger partial charge in [-0.05, 0) is 70.4 Å². The zero-order chi connectivity index (χ0) is 12.7. The normalized spacial score (nSPS) is 10.8. The van der Waals surface area contributed by atoms with E-state index in [1.165, 1.54) is 35.1 Å². The van der Waals surface area contributed by atoms with Crippen LogP contribution in [0.5, 0.6) is 0 Å². The summed E-state index contributed by atoms with van der Waals surface area (Å²) in [4.78, 5) is 0. The molecule has 0 radical (unpaired) electrons. The van der Waals surface area contributed by atoms with Crippen LogP contribution in [0.15, 0.2) is 12.1 Å². The molecule has 0 saturated heterocycles. The van der Waals surface area contributed by atoms with Gasteiger partial charge < -0.3 is 10.6 Å². The molecule has 0 heterocycles. The minimum Gasteiger partial charge on any atom is -0.320 e. The lowest BCUT2D eigenvalue weighted by Gasteiger charge is -2.12. The summed E-state index contributed by atoms with van der Waals surface area (Å²) in [5.41, 5.74) is 5.64. The summed E-state index contributed by atoms with van der Waals surface area (Å²) in [6.07, 6.45) is 2.49. The largest absolute Gasteiger partial charge is 0.320 e. The Bertz CT molecular complexity index is 322. The van der Waals surface area contributed by atoms with Crippen LogP contribution in [-0.4, -0.2) is 20.1 Å². The van der Waals surface area contributed by atoms with Crippen LogP contribution >= 0.6 is 0 Å². The molecule has 0 fully saturated rings. The van der Waals surface area contributed by atoms with Crippen molar-refractivity contribution in [2.24, 2.45) is 0 Å². The van der Waals surface area contributed by atoms with Gasteiger partial charge in [-0.15, -0.1) is 0 Å². The van der Waals surface area contributed by atoms with E-state index in [1.807, 2.05) is 7.05 Å². The Morgan fingerprint density at radius 3 is 2.12 bits per heavy atom. The van der Waals surface area contributed by atoms with Crippen molar-refractivity contribution in [3.63, 3.8) is 0 Å². The molecule has 96 valence electrons. The molecule has 0 spiro atoms. The van der Waals surface area contributed by atoms with Gasteiger partial charge in [-0.25, -0.2) is 0 Å². The number of hydrogen-bond donors (Lipinski definition) is 2. The van der Waals surface area contributed by atoms with E-state index in [4.69, 9.17) is 0 Å². The van der Waals surface area contributed by atoms with Crippen LogP contribution in [0.3, 0.4) is 0 Å². The maximum atomic E-state index is 3.53. The number of nitrogens with one attached hydrogen (secondary N) is 2. The molecule has 0 aliphatic heterocycles. The first kappa shape index (κ1) is 14.2. The molecule has 1 rings (SSSR count). The van der Waals surface area contributed by atoms with Crippen molar-refractivity contribution in [3.05, 3.63) is 34.4 Å². The third kappa shape index (κ3) is 4.88. The number of rotatable bonds is 7. The van der Waals surface area contributed by atoms with E-state index in [-0.39, 0.29) is 0 Å². The number of aryl methyl sites for hydroxylation is 3. The Labute approximate surface area is 106 Å². The van der Waals surface area contributed by atoms with Crippen LogP contribution in [0.2, 0.25) is 0 Å². The maximum absolute atomic E-state index is 3.53. The molecule has 0 atom stereocenters. The highest BCUT2D eigenvalue weighted by Crippen LogP contribution is 2.15. The third-order valence-corrected chi connectivity index (χ3v) is 3.17. The van der Waals surface area contributed by atoms with Crippen molar-refractivity contribution in [1.82, 2.24) is 10.6 Å². The molecule has 1 aromatic carbocycles. The Hall–Kier alpha value is -0.860. The summed E-state index contributed by atoms with van der Waals surface area (Å²) in [6, 6.07) is 4.54. The van der Waals surface area contributed by atoms with Crippen LogP contribution < -0.4 is 10.6 Å². The first-order chi connectivity index (χ1) is 8.15. The van der Waals surface area contributed by atoms with E-state index in [0.29, 0.717) is 0 Å². The van der Waals surface area contributed by atoms with Gasteiger partial charge in [-0.2, -0.15) is 0 Å².